The molecule has 4 heteroatoms. The summed E-state index contributed by atoms with van der Waals surface area (Å²) in [5.41, 5.74) is -0.318. The number of fused-ring (bicyclic) bond motifs is 1. The van der Waals surface area contributed by atoms with E-state index in [0.29, 0.717) is 10.9 Å². The Bertz CT molecular complexity index is 579. The Morgan fingerprint density at radius 1 is 1.06 bits per heavy atom. The zero-order valence-electron chi connectivity index (χ0n) is 8.05. The third-order valence-corrected chi connectivity index (χ3v) is 2.31. The third kappa shape index (κ3) is 1.72. The molecule has 0 aliphatic rings. The Kier molecular flexibility index (Phi) is 2.31. The molecule has 16 heavy (non-hydrogen) atoms. The van der Waals surface area contributed by atoms with Crippen molar-refractivity contribution in [3.8, 4) is 6.07 Å². The van der Waals surface area contributed by atoms with Crippen LogP contribution in [0.2, 0.25) is 0 Å². The average molecular weight is 221 g/mol. The van der Waals surface area contributed by atoms with E-state index in [9.17, 15) is 13.2 Å². The molecule has 0 atom stereocenters. The van der Waals surface area contributed by atoms with E-state index in [4.69, 9.17) is 5.26 Å². The van der Waals surface area contributed by atoms with E-state index in [2.05, 4.69) is 0 Å². The van der Waals surface area contributed by atoms with Crippen molar-refractivity contribution in [1.29, 1.82) is 5.26 Å². The molecule has 2 aromatic rings. The van der Waals surface area contributed by atoms with E-state index >= 15 is 0 Å². The molecule has 0 amide bonds. The summed E-state index contributed by atoms with van der Waals surface area (Å²) < 4.78 is 37.9. The minimum Gasteiger partial charge on any atom is -0.192 e. The van der Waals surface area contributed by atoms with Gasteiger partial charge in [-0.2, -0.15) is 18.4 Å². The van der Waals surface area contributed by atoms with Crippen LogP contribution in [0.4, 0.5) is 13.2 Å². The fourth-order valence-corrected chi connectivity index (χ4v) is 1.60. The molecule has 0 radical (unpaired) electrons. The van der Waals surface area contributed by atoms with Gasteiger partial charge in [0.05, 0.1) is 17.2 Å². The summed E-state index contributed by atoms with van der Waals surface area (Å²) in [4.78, 5) is 0. The topological polar surface area (TPSA) is 23.8 Å². The number of benzene rings is 2. The summed E-state index contributed by atoms with van der Waals surface area (Å²) >= 11 is 0. The molecule has 0 N–H and O–H groups in total. The first-order chi connectivity index (χ1) is 7.52. The zero-order chi connectivity index (χ0) is 11.8. The van der Waals surface area contributed by atoms with Gasteiger partial charge in [-0.1, -0.05) is 18.2 Å². The predicted molar refractivity (Wildman–Crippen MR) is 53.7 cm³/mol. The first-order valence-corrected chi connectivity index (χ1v) is 4.52. The maximum Gasteiger partial charge on any atom is 0.417 e. The fraction of sp³-hybridized carbons (Fsp3) is 0.0833. The maximum absolute atomic E-state index is 12.6. The van der Waals surface area contributed by atoms with Gasteiger partial charge in [0.15, 0.2) is 0 Å². The predicted octanol–water partition coefficient (Wildman–Crippen LogP) is 3.73. The Morgan fingerprint density at radius 3 is 2.44 bits per heavy atom. The fourth-order valence-electron chi connectivity index (χ4n) is 1.60. The van der Waals surface area contributed by atoms with Crippen molar-refractivity contribution in [1.82, 2.24) is 0 Å². The number of nitriles is 1. The highest BCUT2D eigenvalue weighted by molar-refractivity contribution is 5.87. The van der Waals surface area contributed by atoms with Crippen molar-refractivity contribution < 1.29 is 13.2 Å². The molecule has 0 aliphatic carbocycles. The zero-order valence-corrected chi connectivity index (χ0v) is 8.05. The van der Waals surface area contributed by atoms with Crippen molar-refractivity contribution in [2.45, 2.75) is 6.18 Å². The van der Waals surface area contributed by atoms with Crippen molar-refractivity contribution >= 4 is 10.8 Å². The SMILES string of the molecule is N#Cc1ccc2c(C(F)(F)F)cccc2c1. The Hall–Kier alpha value is -2.02. The Morgan fingerprint density at radius 2 is 1.81 bits per heavy atom. The highest BCUT2D eigenvalue weighted by Gasteiger charge is 2.32. The summed E-state index contributed by atoms with van der Waals surface area (Å²) in [5, 5.41) is 9.20. The Balaban J connectivity index is 2.76. The standard InChI is InChI=1S/C12H6F3N/c13-12(14,15)11-3-1-2-9-6-8(7-16)4-5-10(9)11/h1-6H. The molecule has 2 aromatic carbocycles. The van der Waals surface area contributed by atoms with Gasteiger partial charge in [0, 0.05) is 0 Å². The van der Waals surface area contributed by atoms with Crippen LogP contribution >= 0.6 is 0 Å². The maximum atomic E-state index is 12.6. The second kappa shape index (κ2) is 3.53. The van der Waals surface area contributed by atoms with Crippen LogP contribution < -0.4 is 0 Å². The van der Waals surface area contributed by atoms with Gasteiger partial charge in [-0.25, -0.2) is 0 Å². The average Bonchev–Trinajstić information content (AvgIpc) is 2.26. The number of halogens is 3. The molecule has 1 nitrogen and oxygen atoms in total. The molecule has 0 saturated heterocycles. The number of alkyl halides is 3. The quantitative estimate of drug-likeness (QED) is 0.664. The summed E-state index contributed by atoms with van der Waals surface area (Å²) in [5.74, 6) is 0. The lowest BCUT2D eigenvalue weighted by atomic mass is 10.0. The van der Waals surface area contributed by atoms with E-state index < -0.39 is 11.7 Å². The molecule has 0 saturated carbocycles. The van der Waals surface area contributed by atoms with Crippen LogP contribution in [0.15, 0.2) is 36.4 Å². The summed E-state index contributed by atoms with van der Waals surface area (Å²) in [6, 6.07) is 10.00. The van der Waals surface area contributed by atoms with Crippen LogP contribution in [0.25, 0.3) is 10.8 Å². The minimum atomic E-state index is -4.37. The molecule has 0 aromatic heterocycles. The molecule has 0 fully saturated rings. The van der Waals surface area contributed by atoms with Crippen molar-refractivity contribution in [3.63, 3.8) is 0 Å². The monoisotopic (exact) mass is 221 g/mol. The van der Waals surface area contributed by atoms with Gasteiger partial charge in [0.1, 0.15) is 0 Å². The highest BCUT2D eigenvalue weighted by Crippen LogP contribution is 2.34. The Labute approximate surface area is 89.7 Å². The van der Waals surface area contributed by atoms with Crippen molar-refractivity contribution in [2.24, 2.45) is 0 Å². The van der Waals surface area contributed by atoms with Crippen LogP contribution in [-0.2, 0) is 6.18 Å². The minimum absolute atomic E-state index is 0.119. The molecule has 0 unspecified atom stereocenters. The molecule has 0 bridgehead atoms. The number of rotatable bonds is 0. The normalized spacial score (nSPS) is 11.4. The van der Waals surface area contributed by atoms with E-state index in [1.54, 1.807) is 6.07 Å². The van der Waals surface area contributed by atoms with Gasteiger partial charge in [0.25, 0.3) is 0 Å². The molecule has 0 spiro atoms. The van der Waals surface area contributed by atoms with Crippen LogP contribution in [0.5, 0.6) is 0 Å². The van der Waals surface area contributed by atoms with Crippen molar-refractivity contribution in [3.05, 3.63) is 47.5 Å². The largest absolute Gasteiger partial charge is 0.417 e. The molecule has 2 rings (SSSR count). The van der Waals surface area contributed by atoms with Gasteiger partial charge in [-0.05, 0) is 29.0 Å². The van der Waals surface area contributed by atoms with Gasteiger partial charge in [-0.15, -0.1) is 0 Å². The second-order valence-corrected chi connectivity index (χ2v) is 3.35. The lowest BCUT2D eigenvalue weighted by Gasteiger charge is -2.09. The van der Waals surface area contributed by atoms with Crippen molar-refractivity contribution in [2.75, 3.05) is 0 Å². The first-order valence-electron chi connectivity index (χ1n) is 4.52. The number of hydrogen-bond donors (Lipinski definition) is 0. The summed E-state index contributed by atoms with van der Waals surface area (Å²) in [6.07, 6.45) is -4.37. The number of nitrogens with zero attached hydrogens (tertiary/aromatic N) is 1. The molecule has 0 heterocycles. The molecule has 0 aliphatic heterocycles. The number of hydrogen-bond acceptors (Lipinski definition) is 1. The van der Waals surface area contributed by atoms with E-state index in [1.807, 2.05) is 6.07 Å². The molecular weight excluding hydrogens is 215 g/mol. The lowest BCUT2D eigenvalue weighted by molar-refractivity contribution is -0.136. The summed E-state index contributed by atoms with van der Waals surface area (Å²) in [7, 11) is 0. The molecular formula is C12H6F3N. The molecule has 80 valence electrons. The van der Waals surface area contributed by atoms with Crippen LogP contribution in [0.3, 0.4) is 0 Å². The van der Waals surface area contributed by atoms with Crippen LogP contribution in [0, 0.1) is 11.3 Å². The van der Waals surface area contributed by atoms with E-state index in [-0.39, 0.29) is 5.39 Å². The van der Waals surface area contributed by atoms with E-state index in [0.717, 1.165) is 6.07 Å². The second-order valence-electron chi connectivity index (χ2n) is 3.35. The highest BCUT2D eigenvalue weighted by atomic mass is 19.4. The summed E-state index contributed by atoms with van der Waals surface area (Å²) in [6.45, 7) is 0. The smallest absolute Gasteiger partial charge is 0.192 e. The first kappa shape index (κ1) is 10.5. The van der Waals surface area contributed by atoms with Gasteiger partial charge >= 0.3 is 6.18 Å². The van der Waals surface area contributed by atoms with Crippen LogP contribution in [-0.4, -0.2) is 0 Å². The lowest BCUT2D eigenvalue weighted by Crippen LogP contribution is -2.05. The van der Waals surface area contributed by atoms with Gasteiger partial charge < -0.3 is 0 Å². The third-order valence-electron chi connectivity index (χ3n) is 2.31. The van der Waals surface area contributed by atoms with Gasteiger partial charge in [0.2, 0.25) is 0 Å². The van der Waals surface area contributed by atoms with E-state index in [1.165, 1.54) is 24.3 Å². The van der Waals surface area contributed by atoms with Gasteiger partial charge in [-0.3, -0.25) is 0 Å². The van der Waals surface area contributed by atoms with Crippen LogP contribution in [0.1, 0.15) is 11.1 Å².